The van der Waals surface area contributed by atoms with Crippen LogP contribution in [0.1, 0.15) is 49.2 Å². The van der Waals surface area contributed by atoms with Crippen molar-refractivity contribution in [1.29, 1.82) is 0 Å². The molecule has 0 aliphatic rings. The van der Waals surface area contributed by atoms with Gasteiger partial charge >= 0.3 is 0 Å². The second-order valence-electron chi connectivity index (χ2n) is 7.36. The predicted octanol–water partition coefficient (Wildman–Crippen LogP) is 4.28. The van der Waals surface area contributed by atoms with Gasteiger partial charge in [-0.15, -0.1) is 0 Å². The summed E-state index contributed by atoms with van der Waals surface area (Å²) in [6.45, 7) is 5.57. The number of nitro benzene ring substituents is 1. The molecular weight excluding hydrogens is 422 g/mol. The molecule has 0 aromatic heterocycles. The maximum Gasteiger partial charge on any atom is 0.288 e. The summed E-state index contributed by atoms with van der Waals surface area (Å²) in [5, 5.41) is 16.7. The Balaban J connectivity index is 2.16. The van der Waals surface area contributed by atoms with E-state index in [0.717, 1.165) is 11.6 Å². The first kappa shape index (κ1) is 24.1. The van der Waals surface area contributed by atoms with Gasteiger partial charge in [0.1, 0.15) is 16.8 Å². The van der Waals surface area contributed by atoms with E-state index >= 15 is 0 Å². The number of amides is 2. The summed E-state index contributed by atoms with van der Waals surface area (Å²) in [5.41, 5.74) is 0.598. The summed E-state index contributed by atoms with van der Waals surface area (Å²) in [4.78, 5) is 36.1. The number of hydrogen-bond acceptors (Lipinski definition) is 5. The van der Waals surface area contributed by atoms with Crippen molar-refractivity contribution in [2.24, 2.45) is 5.92 Å². The first-order valence-electron chi connectivity index (χ1n) is 9.87. The van der Waals surface area contributed by atoms with Gasteiger partial charge in [0.25, 0.3) is 11.6 Å². The van der Waals surface area contributed by atoms with E-state index < -0.39 is 16.9 Å². The van der Waals surface area contributed by atoms with E-state index in [9.17, 15) is 19.7 Å². The highest BCUT2D eigenvalue weighted by Crippen LogP contribution is 2.25. The molecule has 8 nitrogen and oxygen atoms in total. The summed E-state index contributed by atoms with van der Waals surface area (Å²) in [7, 11) is 1.58. The lowest BCUT2D eigenvalue weighted by molar-refractivity contribution is -0.384. The number of methoxy groups -OCH3 is 1. The Kier molecular flexibility index (Phi) is 8.38. The monoisotopic (exact) mass is 447 g/mol. The van der Waals surface area contributed by atoms with Gasteiger partial charge in [-0.2, -0.15) is 0 Å². The minimum Gasteiger partial charge on any atom is -0.497 e. The summed E-state index contributed by atoms with van der Waals surface area (Å²) >= 11 is 5.81. The zero-order valence-corrected chi connectivity index (χ0v) is 18.6. The van der Waals surface area contributed by atoms with Crippen molar-refractivity contribution in [3.63, 3.8) is 0 Å². The lowest BCUT2D eigenvalue weighted by Gasteiger charge is -2.25. The molecule has 0 saturated carbocycles. The first-order valence-corrected chi connectivity index (χ1v) is 10.2. The van der Waals surface area contributed by atoms with Crippen molar-refractivity contribution in [1.82, 2.24) is 10.6 Å². The molecule has 2 aromatic carbocycles. The zero-order valence-electron chi connectivity index (χ0n) is 17.8. The van der Waals surface area contributed by atoms with Crippen molar-refractivity contribution in [3.05, 3.63) is 68.7 Å². The van der Waals surface area contributed by atoms with E-state index in [1.165, 1.54) is 12.1 Å². The van der Waals surface area contributed by atoms with Gasteiger partial charge in [0, 0.05) is 11.6 Å². The number of rotatable bonds is 9. The molecule has 9 heteroatoms. The number of hydrogen-bond donors (Lipinski definition) is 2. The van der Waals surface area contributed by atoms with Crippen LogP contribution < -0.4 is 15.4 Å². The molecule has 0 fully saturated rings. The van der Waals surface area contributed by atoms with Crippen LogP contribution in [0.4, 0.5) is 5.69 Å². The summed E-state index contributed by atoms with van der Waals surface area (Å²) in [6, 6.07) is 10.1. The van der Waals surface area contributed by atoms with Crippen molar-refractivity contribution in [3.8, 4) is 5.75 Å². The Morgan fingerprint density at radius 3 is 2.29 bits per heavy atom. The lowest BCUT2D eigenvalue weighted by atomic mass is 10.00. The maximum atomic E-state index is 13.0. The molecule has 0 saturated heterocycles. The number of carbonyl (C=O) groups is 2. The summed E-state index contributed by atoms with van der Waals surface area (Å²) in [6.07, 6.45) is 0.653. The largest absolute Gasteiger partial charge is 0.497 e. The van der Waals surface area contributed by atoms with Crippen LogP contribution in [0.3, 0.4) is 0 Å². The quantitative estimate of drug-likeness (QED) is 0.440. The molecule has 1 unspecified atom stereocenters. The third-order valence-electron chi connectivity index (χ3n) is 4.88. The zero-order chi connectivity index (χ0) is 23.1. The van der Waals surface area contributed by atoms with Crippen molar-refractivity contribution < 1.29 is 19.2 Å². The van der Waals surface area contributed by atoms with Crippen LogP contribution in [0.5, 0.6) is 5.75 Å². The molecule has 31 heavy (non-hydrogen) atoms. The van der Waals surface area contributed by atoms with Gasteiger partial charge in [-0.1, -0.05) is 44.5 Å². The molecule has 0 heterocycles. The van der Waals surface area contributed by atoms with E-state index in [0.29, 0.717) is 12.2 Å². The third kappa shape index (κ3) is 6.18. The van der Waals surface area contributed by atoms with Gasteiger partial charge in [-0.3, -0.25) is 19.7 Å². The molecule has 0 aliphatic heterocycles. The highest BCUT2D eigenvalue weighted by atomic mass is 35.5. The molecule has 2 N–H and O–H groups in total. The Hall–Kier alpha value is -3.13. The second-order valence-corrected chi connectivity index (χ2v) is 7.77. The van der Waals surface area contributed by atoms with Gasteiger partial charge in [-0.25, -0.2) is 0 Å². The lowest BCUT2D eigenvalue weighted by Crippen LogP contribution is -2.50. The van der Waals surface area contributed by atoms with Crippen LogP contribution in [0.25, 0.3) is 0 Å². The Morgan fingerprint density at radius 2 is 1.77 bits per heavy atom. The molecule has 0 radical (unpaired) electrons. The fraction of sp³-hybridized carbons (Fsp3) is 0.364. The van der Waals surface area contributed by atoms with Crippen LogP contribution in [0.2, 0.25) is 5.02 Å². The van der Waals surface area contributed by atoms with Crippen molar-refractivity contribution in [2.45, 2.75) is 39.3 Å². The van der Waals surface area contributed by atoms with E-state index in [1.54, 1.807) is 7.11 Å². The number of nitrogens with zero attached hydrogens (tertiary/aromatic N) is 1. The highest BCUT2D eigenvalue weighted by Gasteiger charge is 2.27. The first-order chi connectivity index (χ1) is 14.7. The number of nitrogens with one attached hydrogen (secondary N) is 2. The summed E-state index contributed by atoms with van der Waals surface area (Å²) in [5.74, 6) is -0.422. The average molecular weight is 448 g/mol. The van der Waals surface area contributed by atoms with Gasteiger partial charge in [-0.05, 0) is 42.2 Å². The minimum absolute atomic E-state index is 0.0525. The van der Waals surface area contributed by atoms with Gasteiger partial charge < -0.3 is 15.4 Å². The highest BCUT2D eigenvalue weighted by molar-refractivity contribution is 6.32. The Morgan fingerprint density at radius 1 is 1.13 bits per heavy atom. The number of benzene rings is 2. The number of nitro groups is 1. The number of carbonyl (C=O) groups excluding carboxylic acids is 2. The van der Waals surface area contributed by atoms with Crippen LogP contribution >= 0.6 is 11.6 Å². The molecular formula is C22H26ClN3O5. The van der Waals surface area contributed by atoms with E-state index in [4.69, 9.17) is 16.3 Å². The molecule has 2 atom stereocenters. The van der Waals surface area contributed by atoms with Crippen molar-refractivity contribution >= 4 is 29.1 Å². The van der Waals surface area contributed by atoms with E-state index in [-0.39, 0.29) is 34.1 Å². The smallest absolute Gasteiger partial charge is 0.288 e. The van der Waals surface area contributed by atoms with Crippen LogP contribution in [-0.2, 0) is 4.79 Å². The second kappa shape index (κ2) is 10.8. The molecule has 2 aromatic rings. The maximum absolute atomic E-state index is 13.0. The Bertz CT molecular complexity index is 947. The van der Waals surface area contributed by atoms with Crippen LogP contribution in [0.15, 0.2) is 42.5 Å². The molecule has 166 valence electrons. The van der Waals surface area contributed by atoms with E-state index in [2.05, 4.69) is 10.6 Å². The van der Waals surface area contributed by atoms with Crippen LogP contribution in [0, 0.1) is 16.0 Å². The average Bonchev–Trinajstić information content (AvgIpc) is 2.75. The summed E-state index contributed by atoms with van der Waals surface area (Å²) < 4.78 is 5.16. The normalized spacial score (nSPS) is 12.7. The molecule has 0 bridgehead atoms. The topological polar surface area (TPSA) is 111 Å². The molecule has 2 rings (SSSR count). The third-order valence-corrected chi connectivity index (χ3v) is 5.20. The molecule has 0 spiro atoms. The van der Waals surface area contributed by atoms with Crippen molar-refractivity contribution in [2.75, 3.05) is 7.11 Å². The fourth-order valence-electron chi connectivity index (χ4n) is 3.07. The number of halogens is 1. The Labute approximate surface area is 186 Å². The van der Waals surface area contributed by atoms with Gasteiger partial charge in [0.15, 0.2) is 0 Å². The fourth-order valence-corrected chi connectivity index (χ4v) is 3.26. The predicted molar refractivity (Wildman–Crippen MR) is 118 cm³/mol. The van der Waals surface area contributed by atoms with Gasteiger partial charge in [0.2, 0.25) is 5.91 Å². The minimum atomic E-state index is -0.825. The number of ether oxygens (including phenoxy) is 1. The molecule has 2 amide bonds. The SMILES string of the molecule is CCC(NC(=O)[C@@H](NC(=O)c1ccc(Cl)c([N+](=O)[O-])c1)C(C)C)c1ccc(OC)cc1. The molecule has 0 aliphatic carbocycles. The standard InChI is InChI=1S/C22H26ClN3O5/c1-5-18(14-6-9-16(31-4)10-7-14)24-22(28)20(13(2)3)25-21(27)15-8-11-17(23)19(12-15)26(29)30/h6-13,18,20H,5H2,1-4H3,(H,24,28)(H,25,27)/t18?,20-/m0/s1. The van der Waals surface area contributed by atoms with Gasteiger partial charge in [0.05, 0.1) is 18.1 Å². The van der Waals surface area contributed by atoms with E-state index in [1.807, 2.05) is 45.0 Å². The van der Waals surface area contributed by atoms with Crippen LogP contribution in [-0.4, -0.2) is 29.9 Å².